The van der Waals surface area contributed by atoms with E-state index in [1.165, 1.54) is 12.8 Å². The van der Waals surface area contributed by atoms with Gasteiger partial charge in [-0.1, -0.05) is 0 Å². The molecule has 0 saturated carbocycles. The number of hydrogen-bond acceptors (Lipinski definition) is 5. The zero-order valence-electron chi connectivity index (χ0n) is 12.7. The topological polar surface area (TPSA) is 51.2 Å². The molecule has 5 heteroatoms. The average Bonchev–Trinajstić information content (AvgIpc) is 3.18. The van der Waals surface area contributed by atoms with Crippen molar-refractivity contribution in [2.75, 3.05) is 39.5 Å². The van der Waals surface area contributed by atoms with Gasteiger partial charge in [0.15, 0.2) is 0 Å². The van der Waals surface area contributed by atoms with E-state index in [1.807, 2.05) is 0 Å². The number of ether oxygens (including phenoxy) is 3. The number of nitrogens with zero attached hydrogens (tertiary/aromatic N) is 1. The van der Waals surface area contributed by atoms with Gasteiger partial charge in [-0.15, -0.1) is 0 Å². The summed E-state index contributed by atoms with van der Waals surface area (Å²) in [4.78, 5) is 2.42. The second-order valence-corrected chi connectivity index (χ2v) is 7.14. The lowest BCUT2D eigenvalue weighted by molar-refractivity contribution is -0.0640. The fourth-order valence-electron chi connectivity index (χ4n) is 4.64. The van der Waals surface area contributed by atoms with Crippen molar-refractivity contribution in [2.24, 2.45) is 11.8 Å². The summed E-state index contributed by atoms with van der Waals surface area (Å²) in [6.45, 7) is 4.98. The molecule has 0 aliphatic carbocycles. The lowest BCUT2D eigenvalue weighted by Crippen LogP contribution is -2.36. The van der Waals surface area contributed by atoms with Gasteiger partial charge in [-0.3, -0.25) is 4.90 Å². The van der Waals surface area contributed by atoms with Gasteiger partial charge in [-0.2, -0.15) is 0 Å². The highest BCUT2D eigenvalue weighted by molar-refractivity contribution is 5.02. The van der Waals surface area contributed by atoms with Crippen molar-refractivity contribution in [1.29, 1.82) is 0 Å². The number of hydrogen-bond donors (Lipinski definition) is 1. The van der Waals surface area contributed by atoms with Gasteiger partial charge < -0.3 is 19.3 Å². The predicted molar refractivity (Wildman–Crippen MR) is 77.1 cm³/mol. The van der Waals surface area contributed by atoms with E-state index >= 15 is 0 Å². The quantitative estimate of drug-likeness (QED) is 0.807. The minimum atomic E-state index is -0.370. The molecule has 5 unspecified atom stereocenters. The molecule has 2 bridgehead atoms. The van der Waals surface area contributed by atoms with Crippen molar-refractivity contribution in [3.8, 4) is 0 Å². The van der Waals surface area contributed by atoms with Gasteiger partial charge in [0.05, 0.1) is 31.0 Å². The normalized spacial score (nSPS) is 41.6. The van der Waals surface area contributed by atoms with Crippen LogP contribution in [0.15, 0.2) is 0 Å². The first kappa shape index (κ1) is 14.4. The van der Waals surface area contributed by atoms with E-state index in [1.54, 1.807) is 0 Å². The Morgan fingerprint density at radius 3 is 2.38 bits per heavy atom. The fraction of sp³-hybridized carbons (Fsp3) is 1.00. The number of fused-ring (bicyclic) bond motifs is 5. The summed E-state index contributed by atoms with van der Waals surface area (Å²) < 4.78 is 17.1. The SMILES string of the molecule is OC(COC1CCOCC1)CN1CC2C3CCC(O3)C2C1. The third kappa shape index (κ3) is 2.99. The van der Waals surface area contributed by atoms with Crippen molar-refractivity contribution < 1.29 is 19.3 Å². The van der Waals surface area contributed by atoms with Crippen LogP contribution in [0.1, 0.15) is 25.7 Å². The molecule has 4 aliphatic rings. The molecule has 0 aromatic heterocycles. The zero-order valence-corrected chi connectivity index (χ0v) is 12.7. The molecule has 4 rings (SSSR count). The Balaban J connectivity index is 1.20. The first-order valence-electron chi connectivity index (χ1n) is 8.55. The van der Waals surface area contributed by atoms with Crippen LogP contribution in [0.5, 0.6) is 0 Å². The summed E-state index contributed by atoms with van der Waals surface area (Å²) >= 11 is 0. The highest BCUT2D eigenvalue weighted by Gasteiger charge is 2.52. The maximum atomic E-state index is 10.2. The maximum absolute atomic E-state index is 10.2. The van der Waals surface area contributed by atoms with E-state index in [2.05, 4.69) is 4.90 Å². The summed E-state index contributed by atoms with van der Waals surface area (Å²) in [5, 5.41) is 10.2. The van der Waals surface area contributed by atoms with Crippen LogP contribution in [-0.4, -0.2) is 73.9 Å². The zero-order chi connectivity index (χ0) is 14.2. The van der Waals surface area contributed by atoms with Crippen LogP contribution in [0.4, 0.5) is 0 Å². The molecule has 0 aromatic rings. The average molecular weight is 297 g/mol. The fourth-order valence-corrected chi connectivity index (χ4v) is 4.64. The number of β-amino-alcohol motifs (C(OH)–C–C–N with tert-alkyl or cyclic N) is 1. The molecule has 1 N–H and O–H groups in total. The summed E-state index contributed by atoms with van der Waals surface area (Å²) in [6.07, 6.45) is 5.31. The standard InChI is InChI=1S/C16H27NO4/c18-11(10-20-12-3-5-19-6-4-12)7-17-8-13-14(9-17)16-2-1-15(13)21-16/h11-16,18H,1-10H2. The van der Waals surface area contributed by atoms with E-state index in [0.717, 1.165) is 45.7 Å². The van der Waals surface area contributed by atoms with Gasteiger partial charge in [0.25, 0.3) is 0 Å². The third-order valence-electron chi connectivity index (χ3n) is 5.69. The first-order chi connectivity index (χ1) is 10.3. The van der Waals surface area contributed by atoms with Crippen LogP contribution in [0.3, 0.4) is 0 Å². The molecule has 4 saturated heterocycles. The van der Waals surface area contributed by atoms with Gasteiger partial charge in [0.1, 0.15) is 0 Å². The Kier molecular flexibility index (Phi) is 4.20. The molecule has 4 fully saturated rings. The van der Waals surface area contributed by atoms with Gasteiger partial charge in [-0.05, 0) is 25.7 Å². The van der Waals surface area contributed by atoms with E-state index in [9.17, 15) is 5.11 Å². The molecule has 4 heterocycles. The van der Waals surface area contributed by atoms with Crippen molar-refractivity contribution in [3.63, 3.8) is 0 Å². The molecule has 0 spiro atoms. The number of rotatable bonds is 5. The predicted octanol–water partition coefficient (Wildman–Crippen LogP) is 0.652. The smallest absolute Gasteiger partial charge is 0.0900 e. The van der Waals surface area contributed by atoms with E-state index in [4.69, 9.17) is 14.2 Å². The molecule has 0 aromatic carbocycles. The van der Waals surface area contributed by atoms with Gasteiger partial charge in [0, 0.05) is 44.7 Å². The lowest BCUT2D eigenvalue weighted by atomic mass is 9.82. The van der Waals surface area contributed by atoms with Crippen molar-refractivity contribution in [2.45, 2.75) is 50.1 Å². The Bertz CT molecular complexity index is 342. The minimum absolute atomic E-state index is 0.274. The second-order valence-electron chi connectivity index (χ2n) is 7.14. The molecule has 5 nitrogen and oxygen atoms in total. The molecule has 120 valence electrons. The Morgan fingerprint density at radius 2 is 1.71 bits per heavy atom. The monoisotopic (exact) mass is 297 g/mol. The van der Waals surface area contributed by atoms with Crippen LogP contribution in [0, 0.1) is 11.8 Å². The number of likely N-dealkylation sites (tertiary alicyclic amines) is 1. The van der Waals surface area contributed by atoms with Crippen LogP contribution >= 0.6 is 0 Å². The van der Waals surface area contributed by atoms with Crippen molar-refractivity contribution in [3.05, 3.63) is 0 Å². The minimum Gasteiger partial charge on any atom is -0.389 e. The highest BCUT2D eigenvalue weighted by Crippen LogP contribution is 2.47. The van der Waals surface area contributed by atoms with Gasteiger partial charge in [0.2, 0.25) is 0 Å². The molecule has 0 amide bonds. The van der Waals surface area contributed by atoms with Gasteiger partial charge in [-0.25, -0.2) is 0 Å². The maximum Gasteiger partial charge on any atom is 0.0900 e. The third-order valence-corrected chi connectivity index (χ3v) is 5.69. The molecular weight excluding hydrogens is 270 g/mol. The molecule has 0 radical (unpaired) electrons. The van der Waals surface area contributed by atoms with Crippen LogP contribution < -0.4 is 0 Å². The van der Waals surface area contributed by atoms with Crippen molar-refractivity contribution in [1.82, 2.24) is 4.90 Å². The van der Waals surface area contributed by atoms with Gasteiger partial charge >= 0.3 is 0 Å². The number of aliphatic hydroxyl groups is 1. The summed E-state index contributed by atoms with van der Waals surface area (Å²) in [6, 6.07) is 0. The van der Waals surface area contributed by atoms with Crippen LogP contribution in [0.25, 0.3) is 0 Å². The van der Waals surface area contributed by atoms with E-state index in [0.29, 0.717) is 30.7 Å². The van der Waals surface area contributed by atoms with Crippen molar-refractivity contribution >= 4 is 0 Å². The summed E-state index contributed by atoms with van der Waals surface area (Å²) in [5.41, 5.74) is 0. The summed E-state index contributed by atoms with van der Waals surface area (Å²) in [7, 11) is 0. The number of aliphatic hydroxyl groups excluding tert-OH is 1. The first-order valence-corrected chi connectivity index (χ1v) is 8.55. The molecule has 4 aliphatic heterocycles. The molecule has 21 heavy (non-hydrogen) atoms. The summed E-state index contributed by atoms with van der Waals surface area (Å²) in [5.74, 6) is 1.43. The van der Waals surface area contributed by atoms with E-state index in [-0.39, 0.29) is 12.2 Å². The lowest BCUT2D eigenvalue weighted by Gasteiger charge is -2.26. The highest BCUT2D eigenvalue weighted by atomic mass is 16.5. The Hall–Kier alpha value is -0.200. The largest absolute Gasteiger partial charge is 0.389 e. The van der Waals surface area contributed by atoms with E-state index < -0.39 is 0 Å². The molecular formula is C16H27NO4. The van der Waals surface area contributed by atoms with Crippen LogP contribution in [-0.2, 0) is 14.2 Å². The Morgan fingerprint density at radius 1 is 1.05 bits per heavy atom. The van der Waals surface area contributed by atoms with Crippen LogP contribution in [0.2, 0.25) is 0 Å². The second kappa shape index (κ2) is 6.13. The molecule has 5 atom stereocenters. The Labute approximate surface area is 126 Å².